The third-order valence-electron chi connectivity index (χ3n) is 4.19. The molecule has 4 heteroatoms. The first-order valence-electron chi connectivity index (χ1n) is 6.51. The first-order chi connectivity index (χ1) is 8.58. The van der Waals surface area contributed by atoms with Crippen molar-refractivity contribution in [3.63, 3.8) is 0 Å². The molecule has 2 aliphatic rings. The molecule has 0 unspecified atom stereocenters. The second kappa shape index (κ2) is 4.41. The van der Waals surface area contributed by atoms with Crippen LogP contribution in [0.5, 0.6) is 5.75 Å². The number of nitrogens with zero attached hydrogens (tertiary/aromatic N) is 1. The van der Waals surface area contributed by atoms with Gasteiger partial charge in [0.25, 0.3) is 0 Å². The molecule has 0 saturated carbocycles. The molecular weight excluding hydrogens is 248 g/mol. The summed E-state index contributed by atoms with van der Waals surface area (Å²) < 4.78 is 6.27. The zero-order chi connectivity index (χ0) is 12.8. The molecule has 2 N–H and O–H groups in total. The minimum Gasteiger partial charge on any atom is -0.487 e. The fourth-order valence-electron chi connectivity index (χ4n) is 3.02. The van der Waals surface area contributed by atoms with Crippen LogP contribution in [-0.4, -0.2) is 30.6 Å². The van der Waals surface area contributed by atoms with Crippen molar-refractivity contribution in [2.24, 2.45) is 5.73 Å². The van der Waals surface area contributed by atoms with Crippen molar-refractivity contribution in [3.05, 3.63) is 28.8 Å². The van der Waals surface area contributed by atoms with Gasteiger partial charge in [-0.3, -0.25) is 0 Å². The standard InChI is InChI=1S/C14H19ClN2O/c1-17-6-4-14(5-7-17)9-12(16)11-8-10(15)2-3-13(11)18-14/h2-3,8,12H,4-7,9,16H2,1H3/t12-/m1/s1. The number of hydrogen-bond acceptors (Lipinski definition) is 3. The molecule has 1 aromatic rings. The van der Waals surface area contributed by atoms with E-state index >= 15 is 0 Å². The highest BCUT2D eigenvalue weighted by Gasteiger charge is 2.41. The van der Waals surface area contributed by atoms with Crippen LogP contribution < -0.4 is 10.5 Å². The Kier molecular flexibility index (Phi) is 3.00. The third kappa shape index (κ3) is 2.11. The van der Waals surface area contributed by atoms with Gasteiger partial charge in [-0.2, -0.15) is 0 Å². The van der Waals surface area contributed by atoms with E-state index in [9.17, 15) is 0 Å². The van der Waals surface area contributed by atoms with E-state index in [0.717, 1.165) is 48.7 Å². The summed E-state index contributed by atoms with van der Waals surface area (Å²) in [5.41, 5.74) is 7.29. The van der Waals surface area contributed by atoms with E-state index in [1.165, 1.54) is 0 Å². The van der Waals surface area contributed by atoms with Crippen molar-refractivity contribution in [1.82, 2.24) is 4.90 Å². The van der Waals surface area contributed by atoms with Gasteiger partial charge in [-0.05, 0) is 38.1 Å². The molecule has 3 rings (SSSR count). The highest BCUT2D eigenvalue weighted by atomic mass is 35.5. The lowest BCUT2D eigenvalue weighted by Gasteiger charge is -2.45. The summed E-state index contributed by atoms with van der Waals surface area (Å²) in [5.74, 6) is 0.919. The van der Waals surface area contributed by atoms with Crippen molar-refractivity contribution < 1.29 is 4.74 Å². The fourth-order valence-corrected chi connectivity index (χ4v) is 3.20. The number of nitrogens with two attached hydrogens (primary N) is 1. The molecule has 98 valence electrons. The first kappa shape index (κ1) is 12.3. The molecule has 1 aromatic carbocycles. The molecule has 0 aromatic heterocycles. The highest BCUT2D eigenvalue weighted by molar-refractivity contribution is 6.30. The maximum atomic E-state index is 6.30. The number of benzene rings is 1. The van der Waals surface area contributed by atoms with Gasteiger partial charge in [0, 0.05) is 36.1 Å². The molecule has 0 bridgehead atoms. The number of rotatable bonds is 0. The van der Waals surface area contributed by atoms with Crippen LogP contribution in [0.2, 0.25) is 5.02 Å². The van der Waals surface area contributed by atoms with Crippen LogP contribution in [0.3, 0.4) is 0 Å². The Morgan fingerprint density at radius 2 is 2.11 bits per heavy atom. The highest BCUT2D eigenvalue weighted by Crippen LogP contribution is 2.43. The second-order valence-electron chi connectivity index (χ2n) is 5.58. The maximum absolute atomic E-state index is 6.30. The van der Waals surface area contributed by atoms with E-state index in [1.54, 1.807) is 0 Å². The Morgan fingerprint density at radius 3 is 2.83 bits per heavy atom. The first-order valence-corrected chi connectivity index (χ1v) is 6.88. The van der Waals surface area contributed by atoms with E-state index in [2.05, 4.69) is 11.9 Å². The predicted molar refractivity (Wildman–Crippen MR) is 73.1 cm³/mol. The summed E-state index contributed by atoms with van der Waals surface area (Å²) in [6.45, 7) is 2.16. The van der Waals surface area contributed by atoms with Gasteiger partial charge in [0.1, 0.15) is 11.4 Å². The van der Waals surface area contributed by atoms with Gasteiger partial charge in [-0.25, -0.2) is 0 Å². The van der Waals surface area contributed by atoms with Gasteiger partial charge in [0.05, 0.1) is 0 Å². The number of ether oxygens (including phenoxy) is 1. The fraction of sp³-hybridized carbons (Fsp3) is 0.571. The van der Waals surface area contributed by atoms with Crippen LogP contribution in [0, 0.1) is 0 Å². The monoisotopic (exact) mass is 266 g/mol. The summed E-state index contributed by atoms with van der Waals surface area (Å²) >= 11 is 6.02. The van der Waals surface area contributed by atoms with E-state index in [0.29, 0.717) is 0 Å². The van der Waals surface area contributed by atoms with Gasteiger partial charge < -0.3 is 15.4 Å². The Hall–Kier alpha value is -0.770. The number of piperidine rings is 1. The Bertz CT molecular complexity index is 455. The summed E-state index contributed by atoms with van der Waals surface area (Å²) in [6, 6.07) is 5.80. The SMILES string of the molecule is CN1CCC2(CC1)C[C@@H](N)c1cc(Cl)ccc1O2. The zero-order valence-electron chi connectivity index (χ0n) is 10.7. The lowest BCUT2D eigenvalue weighted by atomic mass is 9.81. The van der Waals surface area contributed by atoms with Crippen molar-refractivity contribution in [3.8, 4) is 5.75 Å². The summed E-state index contributed by atoms with van der Waals surface area (Å²) in [6.07, 6.45) is 3.01. The second-order valence-corrected chi connectivity index (χ2v) is 6.02. The average Bonchev–Trinajstić information content (AvgIpc) is 2.35. The average molecular weight is 267 g/mol. The van der Waals surface area contributed by atoms with Crippen molar-refractivity contribution in [1.29, 1.82) is 0 Å². The Morgan fingerprint density at radius 1 is 1.39 bits per heavy atom. The minimum atomic E-state index is -0.0627. The third-order valence-corrected chi connectivity index (χ3v) is 4.42. The van der Waals surface area contributed by atoms with E-state index < -0.39 is 0 Å². The zero-order valence-corrected chi connectivity index (χ0v) is 11.4. The predicted octanol–water partition coefficient (Wildman–Crippen LogP) is 2.59. The minimum absolute atomic E-state index is 0.0378. The normalized spacial score (nSPS) is 26.7. The maximum Gasteiger partial charge on any atom is 0.125 e. The number of fused-ring (bicyclic) bond motifs is 1. The lowest BCUT2D eigenvalue weighted by molar-refractivity contribution is -0.0163. The molecule has 0 radical (unpaired) electrons. The van der Waals surface area contributed by atoms with Gasteiger partial charge >= 0.3 is 0 Å². The number of halogens is 1. The molecule has 1 atom stereocenters. The molecule has 1 saturated heterocycles. The van der Waals surface area contributed by atoms with Crippen molar-refractivity contribution >= 4 is 11.6 Å². The van der Waals surface area contributed by atoms with Crippen LogP contribution in [0.1, 0.15) is 30.9 Å². The molecule has 0 amide bonds. The van der Waals surface area contributed by atoms with Gasteiger partial charge in [-0.15, -0.1) is 0 Å². The Balaban J connectivity index is 1.89. The molecule has 1 fully saturated rings. The van der Waals surface area contributed by atoms with Gasteiger partial charge in [0.2, 0.25) is 0 Å². The van der Waals surface area contributed by atoms with E-state index in [1.807, 2.05) is 18.2 Å². The lowest BCUT2D eigenvalue weighted by Crippen LogP contribution is -2.50. The summed E-state index contributed by atoms with van der Waals surface area (Å²) in [7, 11) is 2.16. The topological polar surface area (TPSA) is 38.5 Å². The van der Waals surface area contributed by atoms with Crippen LogP contribution >= 0.6 is 11.6 Å². The van der Waals surface area contributed by atoms with Crippen LogP contribution in [0.4, 0.5) is 0 Å². The molecular formula is C14H19ClN2O. The molecule has 0 aliphatic carbocycles. The van der Waals surface area contributed by atoms with Gasteiger partial charge in [0.15, 0.2) is 0 Å². The van der Waals surface area contributed by atoms with Gasteiger partial charge in [-0.1, -0.05) is 11.6 Å². The van der Waals surface area contributed by atoms with Crippen molar-refractivity contribution in [2.45, 2.75) is 30.9 Å². The summed E-state index contributed by atoms with van der Waals surface area (Å²) in [5, 5.41) is 0.729. The number of likely N-dealkylation sites (tertiary alicyclic amines) is 1. The quantitative estimate of drug-likeness (QED) is 0.784. The largest absolute Gasteiger partial charge is 0.487 e. The van der Waals surface area contributed by atoms with Crippen LogP contribution in [-0.2, 0) is 0 Å². The Labute approximate surface area is 113 Å². The van der Waals surface area contributed by atoms with E-state index in [4.69, 9.17) is 22.1 Å². The molecule has 1 spiro atoms. The molecule has 18 heavy (non-hydrogen) atoms. The van der Waals surface area contributed by atoms with Crippen molar-refractivity contribution in [2.75, 3.05) is 20.1 Å². The smallest absolute Gasteiger partial charge is 0.125 e. The number of hydrogen-bond donors (Lipinski definition) is 1. The van der Waals surface area contributed by atoms with E-state index in [-0.39, 0.29) is 11.6 Å². The van der Waals surface area contributed by atoms with Crippen LogP contribution in [0.15, 0.2) is 18.2 Å². The molecule has 3 nitrogen and oxygen atoms in total. The summed E-state index contributed by atoms with van der Waals surface area (Å²) in [4.78, 5) is 2.34. The van der Waals surface area contributed by atoms with Crippen LogP contribution in [0.25, 0.3) is 0 Å². The molecule has 2 aliphatic heterocycles. The molecule has 2 heterocycles.